The number of aryl methyl sites for hydroxylation is 1. The highest BCUT2D eigenvalue weighted by atomic mass is 35.5. The lowest BCUT2D eigenvalue weighted by molar-refractivity contribution is 0.298. The second kappa shape index (κ2) is 2.74. The first-order valence-electron chi connectivity index (χ1n) is 5.18. The molecule has 0 saturated heterocycles. The minimum Gasteiger partial charge on any atom is -0.325 e. The first-order chi connectivity index (χ1) is 6.69. The molecule has 1 fully saturated rings. The number of hydrogen-bond donors (Lipinski definition) is 1. The number of imidazole rings is 1. The van der Waals surface area contributed by atoms with Crippen molar-refractivity contribution in [3.8, 4) is 0 Å². The van der Waals surface area contributed by atoms with Gasteiger partial charge in [-0.3, -0.25) is 0 Å². The Morgan fingerprint density at radius 2 is 2.36 bits per heavy atom. The molecule has 3 nitrogen and oxygen atoms in total. The average molecular weight is 212 g/mol. The van der Waals surface area contributed by atoms with Gasteiger partial charge in [0, 0.05) is 24.0 Å². The minimum absolute atomic E-state index is 0.116. The van der Waals surface area contributed by atoms with Crippen molar-refractivity contribution in [2.45, 2.75) is 37.8 Å². The zero-order valence-electron chi connectivity index (χ0n) is 8.04. The monoisotopic (exact) mass is 211 g/mol. The SMILES string of the molecule is NC1(C2CCc3cnc(Cl)n3C2)CC1. The van der Waals surface area contributed by atoms with Gasteiger partial charge in [0.05, 0.1) is 0 Å². The Balaban J connectivity index is 1.88. The molecule has 2 N–H and O–H groups in total. The third kappa shape index (κ3) is 1.19. The highest BCUT2D eigenvalue weighted by Gasteiger charge is 2.46. The number of hydrogen-bond acceptors (Lipinski definition) is 2. The predicted molar refractivity (Wildman–Crippen MR) is 55.2 cm³/mol. The van der Waals surface area contributed by atoms with Crippen LogP contribution in [0, 0.1) is 5.92 Å². The van der Waals surface area contributed by atoms with E-state index in [2.05, 4.69) is 9.55 Å². The van der Waals surface area contributed by atoms with E-state index in [1.165, 1.54) is 25.0 Å². The molecular formula is C10H14ClN3. The molecule has 2 aliphatic rings. The summed E-state index contributed by atoms with van der Waals surface area (Å²) in [5.41, 5.74) is 7.60. The van der Waals surface area contributed by atoms with Crippen molar-refractivity contribution in [3.05, 3.63) is 17.2 Å². The van der Waals surface area contributed by atoms with Crippen molar-refractivity contribution in [1.29, 1.82) is 0 Å². The topological polar surface area (TPSA) is 43.8 Å². The summed E-state index contributed by atoms with van der Waals surface area (Å²) in [4.78, 5) is 4.12. The largest absolute Gasteiger partial charge is 0.325 e. The third-order valence-electron chi connectivity index (χ3n) is 3.68. The van der Waals surface area contributed by atoms with Crippen LogP contribution in [0.1, 0.15) is 25.0 Å². The Labute approximate surface area is 88.3 Å². The van der Waals surface area contributed by atoms with E-state index >= 15 is 0 Å². The summed E-state index contributed by atoms with van der Waals surface area (Å²) in [6.45, 7) is 0.963. The molecule has 14 heavy (non-hydrogen) atoms. The molecular weight excluding hydrogens is 198 g/mol. The van der Waals surface area contributed by atoms with E-state index in [0.717, 1.165) is 13.0 Å². The molecule has 0 aromatic carbocycles. The van der Waals surface area contributed by atoms with Crippen LogP contribution in [0.3, 0.4) is 0 Å². The van der Waals surface area contributed by atoms with Gasteiger partial charge in [-0.05, 0) is 43.2 Å². The van der Waals surface area contributed by atoms with Crippen molar-refractivity contribution in [2.24, 2.45) is 11.7 Å². The van der Waals surface area contributed by atoms with E-state index in [0.29, 0.717) is 11.2 Å². The lowest BCUT2D eigenvalue weighted by Gasteiger charge is -2.29. The van der Waals surface area contributed by atoms with Gasteiger partial charge in [-0.2, -0.15) is 0 Å². The smallest absolute Gasteiger partial charge is 0.202 e. The fourth-order valence-corrected chi connectivity index (χ4v) is 2.66. The summed E-state index contributed by atoms with van der Waals surface area (Å²) in [7, 11) is 0. The molecule has 0 bridgehead atoms. The second-order valence-electron chi connectivity index (χ2n) is 4.60. The molecule has 1 saturated carbocycles. The van der Waals surface area contributed by atoms with Gasteiger partial charge < -0.3 is 10.3 Å². The van der Waals surface area contributed by atoms with Crippen LogP contribution < -0.4 is 5.73 Å². The van der Waals surface area contributed by atoms with Gasteiger partial charge in [-0.1, -0.05) is 0 Å². The standard InChI is InChI=1S/C10H14ClN3/c11-9-13-5-8-2-1-7(6-14(8)9)10(12)3-4-10/h5,7H,1-4,6,12H2. The molecule has 1 aliphatic heterocycles. The minimum atomic E-state index is 0.116. The highest BCUT2D eigenvalue weighted by molar-refractivity contribution is 6.28. The van der Waals surface area contributed by atoms with Gasteiger partial charge >= 0.3 is 0 Å². The summed E-state index contributed by atoms with van der Waals surface area (Å²) in [5.74, 6) is 0.599. The Bertz CT molecular complexity index is 367. The van der Waals surface area contributed by atoms with Gasteiger partial charge in [-0.25, -0.2) is 4.98 Å². The van der Waals surface area contributed by atoms with E-state index in [1.54, 1.807) is 0 Å². The Morgan fingerprint density at radius 3 is 3.07 bits per heavy atom. The molecule has 0 amide bonds. The van der Waals surface area contributed by atoms with Crippen molar-refractivity contribution in [3.63, 3.8) is 0 Å². The number of rotatable bonds is 1. The van der Waals surface area contributed by atoms with E-state index < -0.39 is 0 Å². The Morgan fingerprint density at radius 1 is 1.57 bits per heavy atom. The maximum atomic E-state index is 6.22. The van der Waals surface area contributed by atoms with Crippen molar-refractivity contribution in [1.82, 2.24) is 9.55 Å². The molecule has 1 aromatic heterocycles. The van der Waals surface area contributed by atoms with Crippen LogP contribution in [0.4, 0.5) is 0 Å². The molecule has 1 aromatic rings. The van der Waals surface area contributed by atoms with Crippen molar-refractivity contribution in [2.75, 3.05) is 0 Å². The molecule has 0 spiro atoms. The van der Waals surface area contributed by atoms with Crippen LogP contribution in [0.25, 0.3) is 0 Å². The molecule has 1 unspecified atom stereocenters. The summed E-state index contributed by atoms with van der Waals surface area (Å²) in [6.07, 6.45) is 6.51. The maximum absolute atomic E-state index is 6.22. The van der Waals surface area contributed by atoms with Crippen molar-refractivity contribution < 1.29 is 0 Å². The number of aromatic nitrogens is 2. The summed E-state index contributed by atoms with van der Waals surface area (Å²) in [5, 5.41) is 0.619. The number of nitrogens with zero attached hydrogens (tertiary/aromatic N) is 2. The first-order valence-corrected chi connectivity index (χ1v) is 5.56. The zero-order chi connectivity index (χ0) is 9.76. The Hall–Kier alpha value is -0.540. The van der Waals surface area contributed by atoms with Crippen LogP contribution in [-0.4, -0.2) is 15.1 Å². The molecule has 3 rings (SSSR count). The molecule has 1 aliphatic carbocycles. The fourth-order valence-electron chi connectivity index (χ4n) is 2.43. The van der Waals surface area contributed by atoms with Crippen LogP contribution in [0.15, 0.2) is 6.20 Å². The average Bonchev–Trinajstić information content (AvgIpc) is 2.84. The number of halogens is 1. The molecule has 2 heterocycles. The van der Waals surface area contributed by atoms with Gasteiger partial charge in [0.2, 0.25) is 5.28 Å². The van der Waals surface area contributed by atoms with E-state index in [-0.39, 0.29) is 5.54 Å². The maximum Gasteiger partial charge on any atom is 0.202 e. The molecule has 4 heteroatoms. The number of fused-ring (bicyclic) bond motifs is 1. The van der Waals surface area contributed by atoms with Gasteiger partial charge in [0.25, 0.3) is 0 Å². The summed E-state index contributed by atoms with van der Waals surface area (Å²) >= 11 is 6.00. The first kappa shape index (κ1) is 8.74. The van der Waals surface area contributed by atoms with Crippen molar-refractivity contribution >= 4 is 11.6 Å². The fraction of sp³-hybridized carbons (Fsp3) is 0.700. The van der Waals surface area contributed by atoms with Gasteiger partial charge in [0.15, 0.2) is 0 Å². The van der Waals surface area contributed by atoms with Gasteiger partial charge in [-0.15, -0.1) is 0 Å². The highest BCUT2D eigenvalue weighted by Crippen LogP contribution is 2.44. The summed E-state index contributed by atoms with van der Waals surface area (Å²) in [6, 6.07) is 0. The third-order valence-corrected chi connectivity index (χ3v) is 3.98. The molecule has 76 valence electrons. The quantitative estimate of drug-likeness (QED) is 0.767. The lowest BCUT2D eigenvalue weighted by Crippen LogP contribution is -2.38. The normalized spacial score (nSPS) is 28.6. The number of nitrogens with two attached hydrogens (primary N) is 1. The second-order valence-corrected chi connectivity index (χ2v) is 4.94. The van der Waals surface area contributed by atoms with E-state index in [1.807, 2.05) is 6.20 Å². The van der Waals surface area contributed by atoms with E-state index in [4.69, 9.17) is 17.3 Å². The molecule has 0 radical (unpaired) electrons. The predicted octanol–water partition coefficient (Wildman–Crippen LogP) is 1.59. The van der Waals surface area contributed by atoms with Crippen LogP contribution in [0.2, 0.25) is 5.28 Å². The lowest BCUT2D eigenvalue weighted by atomic mass is 9.89. The molecule has 1 atom stereocenters. The van der Waals surface area contributed by atoms with Crippen LogP contribution >= 0.6 is 11.6 Å². The van der Waals surface area contributed by atoms with E-state index in [9.17, 15) is 0 Å². The van der Waals surface area contributed by atoms with Gasteiger partial charge in [0.1, 0.15) is 0 Å². The Kier molecular flexibility index (Phi) is 1.71. The zero-order valence-corrected chi connectivity index (χ0v) is 8.80. The van der Waals surface area contributed by atoms with Crippen LogP contribution in [0.5, 0.6) is 0 Å². The van der Waals surface area contributed by atoms with Crippen LogP contribution in [-0.2, 0) is 13.0 Å². The summed E-state index contributed by atoms with van der Waals surface area (Å²) < 4.78 is 2.11.